The maximum absolute atomic E-state index is 4.39. The molecule has 0 nitrogen and oxygen atoms in total. The number of benzene rings is 1. The Labute approximate surface area is 95.5 Å². The Hall–Kier alpha value is 0.01000. The Kier molecular flexibility index (Phi) is 2.67. The first kappa shape index (κ1) is 9.56. The molecule has 1 aromatic carbocycles. The topological polar surface area (TPSA) is 0 Å². The average molecular weight is 273 g/mol. The van der Waals surface area contributed by atoms with E-state index < -0.39 is 0 Å². The average Bonchev–Trinajstić information content (AvgIpc) is 2.43. The highest BCUT2D eigenvalue weighted by atomic mass is 79.9. The number of fused-ring (bicyclic) bond motifs is 1. The summed E-state index contributed by atoms with van der Waals surface area (Å²) in [6, 6.07) is 6.58. The first-order valence-corrected chi connectivity index (χ1v) is 6.18. The summed E-state index contributed by atoms with van der Waals surface area (Å²) in [5.74, 6) is 0. The molecule has 0 aliphatic heterocycles. The normalized spacial score (nSPS) is 11.0. The van der Waals surface area contributed by atoms with Gasteiger partial charge in [-0.25, -0.2) is 0 Å². The molecule has 68 valence electrons. The van der Waals surface area contributed by atoms with Gasteiger partial charge in [0.15, 0.2) is 0 Å². The second-order valence-electron chi connectivity index (χ2n) is 2.91. The lowest BCUT2D eigenvalue weighted by Gasteiger charge is -1.96. The number of thiol groups is 1. The fourth-order valence-corrected chi connectivity index (χ4v) is 3.25. The minimum Gasteiger partial charge on any atom is -0.132 e. The number of rotatable bonds is 1. The van der Waals surface area contributed by atoms with Crippen molar-refractivity contribution in [3.8, 4) is 0 Å². The van der Waals surface area contributed by atoms with E-state index in [0.717, 1.165) is 15.1 Å². The van der Waals surface area contributed by atoms with E-state index in [-0.39, 0.29) is 0 Å². The van der Waals surface area contributed by atoms with Crippen LogP contribution in [0.1, 0.15) is 12.5 Å². The molecule has 2 aromatic rings. The monoisotopic (exact) mass is 272 g/mol. The molecule has 0 aliphatic carbocycles. The van der Waals surface area contributed by atoms with Gasteiger partial charge in [0.25, 0.3) is 0 Å². The zero-order valence-electron chi connectivity index (χ0n) is 7.17. The van der Waals surface area contributed by atoms with E-state index in [1.165, 1.54) is 15.6 Å². The van der Waals surface area contributed by atoms with Gasteiger partial charge in [-0.15, -0.1) is 24.0 Å². The van der Waals surface area contributed by atoms with Crippen LogP contribution in [0.15, 0.2) is 26.9 Å². The quantitative estimate of drug-likeness (QED) is 0.726. The van der Waals surface area contributed by atoms with Gasteiger partial charge in [0.2, 0.25) is 0 Å². The van der Waals surface area contributed by atoms with E-state index in [1.54, 1.807) is 11.3 Å². The molecule has 0 bridgehead atoms. The van der Waals surface area contributed by atoms with Gasteiger partial charge in [-0.05, 0) is 40.0 Å². The molecule has 0 N–H and O–H groups in total. The predicted octanol–water partition coefficient (Wildman–Crippen LogP) is 4.51. The van der Waals surface area contributed by atoms with E-state index in [4.69, 9.17) is 0 Å². The Morgan fingerprint density at radius 3 is 2.92 bits per heavy atom. The summed E-state index contributed by atoms with van der Waals surface area (Å²) in [5.41, 5.74) is 1.37. The highest BCUT2D eigenvalue weighted by molar-refractivity contribution is 9.10. The van der Waals surface area contributed by atoms with Gasteiger partial charge in [0.1, 0.15) is 0 Å². The smallest absolute Gasteiger partial charge is 0.0723 e. The molecular weight excluding hydrogens is 264 g/mol. The summed E-state index contributed by atoms with van der Waals surface area (Å²) in [7, 11) is 0. The molecule has 0 saturated carbocycles. The van der Waals surface area contributed by atoms with Crippen LogP contribution in [0.25, 0.3) is 10.1 Å². The first-order chi connectivity index (χ1) is 6.22. The lowest BCUT2D eigenvalue weighted by molar-refractivity contribution is 1.15. The molecule has 0 spiro atoms. The van der Waals surface area contributed by atoms with Gasteiger partial charge in [0.05, 0.1) is 4.21 Å². The number of hydrogen-bond acceptors (Lipinski definition) is 2. The molecule has 0 atom stereocenters. The van der Waals surface area contributed by atoms with E-state index >= 15 is 0 Å². The van der Waals surface area contributed by atoms with Gasteiger partial charge < -0.3 is 0 Å². The maximum atomic E-state index is 4.39. The van der Waals surface area contributed by atoms with E-state index in [2.05, 4.69) is 53.7 Å². The van der Waals surface area contributed by atoms with Crippen LogP contribution in [0.5, 0.6) is 0 Å². The van der Waals surface area contributed by atoms with Crippen molar-refractivity contribution in [2.24, 2.45) is 0 Å². The van der Waals surface area contributed by atoms with Gasteiger partial charge in [0, 0.05) is 14.6 Å². The minimum absolute atomic E-state index is 1.06. The Balaban J connectivity index is 2.75. The zero-order chi connectivity index (χ0) is 9.42. The Bertz CT molecular complexity index is 445. The van der Waals surface area contributed by atoms with Crippen molar-refractivity contribution < 1.29 is 0 Å². The molecule has 0 saturated heterocycles. The predicted molar refractivity (Wildman–Crippen MR) is 66.2 cm³/mol. The standard InChI is InChI=1S/C10H9BrS2/c1-2-6-3-4-8-7(5-6)9(11)10(12)13-8/h3-5,12H,2H2,1H3. The molecular formula is C10H9BrS2. The summed E-state index contributed by atoms with van der Waals surface area (Å²) in [5, 5.41) is 1.29. The van der Waals surface area contributed by atoms with Crippen molar-refractivity contribution in [2.75, 3.05) is 0 Å². The van der Waals surface area contributed by atoms with E-state index in [0.29, 0.717) is 0 Å². The van der Waals surface area contributed by atoms with Crippen molar-refractivity contribution in [3.63, 3.8) is 0 Å². The summed E-state index contributed by atoms with van der Waals surface area (Å²) in [6.45, 7) is 2.17. The summed E-state index contributed by atoms with van der Waals surface area (Å²) in [6.07, 6.45) is 1.08. The van der Waals surface area contributed by atoms with Crippen molar-refractivity contribution in [1.29, 1.82) is 0 Å². The Morgan fingerprint density at radius 2 is 2.23 bits per heavy atom. The highest BCUT2D eigenvalue weighted by Gasteiger charge is 2.06. The van der Waals surface area contributed by atoms with Gasteiger partial charge in [-0.2, -0.15) is 0 Å². The molecule has 1 heterocycles. The van der Waals surface area contributed by atoms with Crippen molar-refractivity contribution in [3.05, 3.63) is 28.2 Å². The van der Waals surface area contributed by atoms with Crippen LogP contribution in [0, 0.1) is 0 Å². The molecule has 1 aromatic heterocycles. The highest BCUT2D eigenvalue weighted by Crippen LogP contribution is 2.38. The second-order valence-corrected chi connectivity index (χ2v) is 5.50. The van der Waals surface area contributed by atoms with Crippen LogP contribution in [0.2, 0.25) is 0 Å². The molecule has 0 aliphatic rings. The first-order valence-electron chi connectivity index (χ1n) is 4.12. The SMILES string of the molecule is CCc1ccc2sc(S)c(Br)c2c1. The van der Waals surface area contributed by atoms with Crippen LogP contribution in [-0.4, -0.2) is 0 Å². The lowest BCUT2D eigenvalue weighted by Crippen LogP contribution is -1.77. The third-order valence-corrected chi connectivity index (χ3v) is 4.95. The van der Waals surface area contributed by atoms with E-state index in [1.807, 2.05) is 0 Å². The maximum Gasteiger partial charge on any atom is 0.0723 e. The summed E-state index contributed by atoms with van der Waals surface area (Å²) < 4.78 is 3.49. The molecule has 0 unspecified atom stereocenters. The molecule has 0 fully saturated rings. The van der Waals surface area contributed by atoms with Crippen LogP contribution < -0.4 is 0 Å². The van der Waals surface area contributed by atoms with Crippen molar-refractivity contribution in [1.82, 2.24) is 0 Å². The summed E-state index contributed by atoms with van der Waals surface area (Å²) >= 11 is 9.65. The van der Waals surface area contributed by atoms with Crippen molar-refractivity contribution in [2.45, 2.75) is 17.6 Å². The number of aryl methyl sites for hydroxylation is 1. The number of thiophene rings is 1. The van der Waals surface area contributed by atoms with Crippen LogP contribution >= 0.6 is 39.9 Å². The third kappa shape index (κ3) is 1.65. The van der Waals surface area contributed by atoms with Gasteiger partial charge in [-0.3, -0.25) is 0 Å². The summed E-state index contributed by atoms with van der Waals surface area (Å²) in [4.78, 5) is 0. The zero-order valence-corrected chi connectivity index (χ0v) is 10.5. The second kappa shape index (κ2) is 3.64. The van der Waals surface area contributed by atoms with Crippen molar-refractivity contribution >= 4 is 50.0 Å². The Morgan fingerprint density at radius 1 is 1.46 bits per heavy atom. The van der Waals surface area contributed by atoms with Gasteiger partial charge in [-0.1, -0.05) is 13.0 Å². The third-order valence-electron chi connectivity index (χ3n) is 2.08. The molecule has 13 heavy (non-hydrogen) atoms. The van der Waals surface area contributed by atoms with Crippen LogP contribution in [0.4, 0.5) is 0 Å². The van der Waals surface area contributed by atoms with Crippen LogP contribution in [-0.2, 0) is 6.42 Å². The van der Waals surface area contributed by atoms with Crippen LogP contribution in [0.3, 0.4) is 0 Å². The molecule has 2 rings (SSSR count). The fraction of sp³-hybridized carbons (Fsp3) is 0.200. The largest absolute Gasteiger partial charge is 0.132 e. The van der Waals surface area contributed by atoms with Gasteiger partial charge >= 0.3 is 0 Å². The number of hydrogen-bond donors (Lipinski definition) is 1. The molecule has 0 amide bonds. The fourth-order valence-electron chi connectivity index (χ4n) is 1.32. The minimum atomic E-state index is 1.06. The van der Waals surface area contributed by atoms with E-state index in [9.17, 15) is 0 Å². The molecule has 3 heteroatoms. The number of halogens is 1. The molecule has 0 radical (unpaired) electrons. The lowest BCUT2D eigenvalue weighted by atomic mass is 10.1.